The summed E-state index contributed by atoms with van der Waals surface area (Å²) in [7, 11) is 2.36. The smallest absolute Gasteiger partial charge is 0.113 e. The van der Waals surface area contributed by atoms with Crippen LogP contribution < -0.4 is 15.5 Å². The first-order valence-electron chi connectivity index (χ1n) is 21.0. The van der Waals surface area contributed by atoms with Crippen molar-refractivity contribution in [1.29, 1.82) is 0 Å². The van der Waals surface area contributed by atoms with Gasteiger partial charge in [-0.3, -0.25) is 14.8 Å². The average Bonchev–Trinajstić information content (AvgIpc) is 3.22. The number of anilines is 1. The number of likely N-dealkylation sites (N-methyl/N-ethyl adjacent to an activating group) is 1. The third kappa shape index (κ3) is 6.36. The summed E-state index contributed by atoms with van der Waals surface area (Å²) in [6, 6.07) is 18.4. The van der Waals surface area contributed by atoms with Crippen LogP contribution in [0.5, 0.6) is 0 Å². The van der Waals surface area contributed by atoms with Crippen molar-refractivity contribution >= 4 is 17.1 Å². The van der Waals surface area contributed by atoms with E-state index in [1.54, 1.807) is 0 Å². The standard InChI is InChI=1S/C49H59N5/c1-33-18-17-23-36(30-33)46-51-45(35-21-9-6-10-22-35)52-48(53(46)4)40-31-37(39-25-12-11-24-38(39)34-19-7-5-8-20-34)32-50-47(40)54-43-28-15-13-26-41(43)49(2,3)42-27-14-16-29-44(42)54/h6-7,9-15,19-21,24-28,33,35-37,46,48,50H,5,8,16-18,22-23,29-32H2,1-4H3,(H,51,52)/t33?,35?,36-,37?,46?,48?/m0/s1. The number of benzene rings is 2. The van der Waals surface area contributed by atoms with E-state index in [9.17, 15) is 0 Å². The third-order valence-electron chi connectivity index (χ3n) is 13.6. The topological polar surface area (TPSA) is 42.9 Å². The molecule has 6 atom stereocenters. The van der Waals surface area contributed by atoms with Crippen molar-refractivity contribution in [2.45, 2.75) is 109 Å². The molecule has 0 amide bonds. The maximum atomic E-state index is 5.66. The minimum absolute atomic E-state index is 0.00979. The Labute approximate surface area is 324 Å². The Morgan fingerprint density at radius 2 is 1.76 bits per heavy atom. The summed E-state index contributed by atoms with van der Waals surface area (Å²) in [6.45, 7) is 8.18. The molecule has 3 heterocycles. The quantitative estimate of drug-likeness (QED) is 0.312. The lowest BCUT2D eigenvalue weighted by molar-refractivity contribution is 0.0872. The van der Waals surface area contributed by atoms with Gasteiger partial charge in [0.2, 0.25) is 0 Å². The minimum Gasteiger partial charge on any atom is -0.370 e. The van der Waals surface area contributed by atoms with Crippen LogP contribution in [0.3, 0.4) is 0 Å². The molecule has 0 aromatic heterocycles. The van der Waals surface area contributed by atoms with Crippen molar-refractivity contribution in [2.24, 2.45) is 22.7 Å². The Hall–Kier alpha value is -4.35. The van der Waals surface area contributed by atoms with Gasteiger partial charge in [0.1, 0.15) is 24.0 Å². The van der Waals surface area contributed by atoms with E-state index in [0.29, 0.717) is 11.8 Å². The van der Waals surface area contributed by atoms with Gasteiger partial charge in [-0.1, -0.05) is 131 Å². The van der Waals surface area contributed by atoms with E-state index < -0.39 is 0 Å². The fraction of sp³-hybridized carbons (Fsp3) is 0.449. The zero-order valence-corrected chi connectivity index (χ0v) is 32.9. The number of fused-ring (bicyclic) bond motifs is 1. The van der Waals surface area contributed by atoms with Gasteiger partial charge in [-0.25, -0.2) is 0 Å². The highest BCUT2D eigenvalue weighted by Crippen LogP contribution is 2.51. The molecule has 5 nitrogen and oxygen atoms in total. The first-order chi connectivity index (χ1) is 26.4. The summed E-state index contributed by atoms with van der Waals surface area (Å²) in [6.07, 6.45) is 32.6. The van der Waals surface area contributed by atoms with Crippen molar-refractivity contribution in [2.75, 3.05) is 18.5 Å². The first kappa shape index (κ1) is 35.4. The monoisotopic (exact) mass is 717 g/mol. The molecule has 2 N–H and O–H groups in total. The molecule has 9 rings (SSSR count). The summed E-state index contributed by atoms with van der Waals surface area (Å²) < 4.78 is 0. The lowest BCUT2D eigenvalue weighted by atomic mass is 9.71. The number of hydrogen-bond donors (Lipinski definition) is 2. The van der Waals surface area contributed by atoms with Gasteiger partial charge in [-0.15, -0.1) is 0 Å². The zero-order chi connectivity index (χ0) is 36.8. The van der Waals surface area contributed by atoms with Crippen LogP contribution in [0.15, 0.2) is 131 Å². The predicted octanol–water partition coefficient (Wildman–Crippen LogP) is 10.7. The third-order valence-corrected chi connectivity index (χ3v) is 13.6. The molecule has 0 bridgehead atoms. The highest BCUT2D eigenvalue weighted by atomic mass is 15.4. The van der Waals surface area contributed by atoms with Crippen molar-refractivity contribution in [3.05, 3.63) is 143 Å². The molecule has 0 spiro atoms. The SMILES string of the molecule is CC1CCC[C@H](C2N=C(C3C=CC=CC3)NC(C3=C(N4C5=C(C=CCC5)C(C)(C)c5ccccc54)NCC(c4ccccc4C4=CCCC=C4)C3)N2C)C1. The van der Waals surface area contributed by atoms with Crippen molar-refractivity contribution in [3.63, 3.8) is 0 Å². The molecule has 5 unspecified atom stereocenters. The maximum Gasteiger partial charge on any atom is 0.113 e. The maximum absolute atomic E-state index is 5.66. The first-order valence-corrected chi connectivity index (χ1v) is 21.0. The van der Waals surface area contributed by atoms with E-state index >= 15 is 0 Å². The lowest BCUT2D eigenvalue weighted by Gasteiger charge is -2.50. The molecule has 5 heteroatoms. The van der Waals surface area contributed by atoms with Gasteiger partial charge in [0.25, 0.3) is 0 Å². The molecule has 1 saturated carbocycles. The number of rotatable bonds is 6. The highest BCUT2D eigenvalue weighted by molar-refractivity contribution is 5.88. The summed E-state index contributed by atoms with van der Waals surface area (Å²) >= 11 is 0. The normalized spacial score (nSPS) is 30.6. The van der Waals surface area contributed by atoms with Gasteiger partial charge in [0.05, 0.1) is 5.69 Å². The number of aliphatic imine (C=N–C) groups is 1. The molecule has 2 aromatic rings. The van der Waals surface area contributed by atoms with Crippen LogP contribution in [0.1, 0.15) is 108 Å². The molecule has 280 valence electrons. The number of para-hydroxylation sites is 1. The summed E-state index contributed by atoms with van der Waals surface area (Å²) in [5.41, 5.74) is 11.2. The Kier molecular flexibility index (Phi) is 9.63. The Morgan fingerprint density at radius 3 is 2.59 bits per heavy atom. The van der Waals surface area contributed by atoms with Crippen LogP contribution in [-0.4, -0.2) is 36.7 Å². The van der Waals surface area contributed by atoms with Crippen molar-refractivity contribution in [1.82, 2.24) is 15.5 Å². The number of nitrogens with one attached hydrogen (secondary N) is 2. The molecular formula is C49H59N5. The predicted molar refractivity (Wildman–Crippen MR) is 226 cm³/mol. The van der Waals surface area contributed by atoms with Crippen molar-refractivity contribution in [3.8, 4) is 0 Å². The second kappa shape index (κ2) is 14.7. The number of allylic oxidation sites excluding steroid dienone is 11. The molecule has 2 aromatic carbocycles. The zero-order valence-electron chi connectivity index (χ0n) is 32.9. The summed E-state index contributed by atoms with van der Waals surface area (Å²) in [5, 5.41) is 8.38. The Bertz CT molecular complexity index is 2020. The van der Waals surface area contributed by atoms with Gasteiger partial charge >= 0.3 is 0 Å². The second-order valence-corrected chi connectivity index (χ2v) is 17.5. The second-order valence-electron chi connectivity index (χ2n) is 17.5. The van der Waals surface area contributed by atoms with E-state index in [0.717, 1.165) is 56.8 Å². The summed E-state index contributed by atoms with van der Waals surface area (Å²) in [5.74, 6) is 4.33. The van der Waals surface area contributed by atoms with Crippen LogP contribution in [-0.2, 0) is 5.41 Å². The van der Waals surface area contributed by atoms with Crippen molar-refractivity contribution < 1.29 is 0 Å². The Morgan fingerprint density at radius 1 is 0.907 bits per heavy atom. The molecule has 0 radical (unpaired) electrons. The molecule has 54 heavy (non-hydrogen) atoms. The fourth-order valence-corrected chi connectivity index (χ4v) is 10.8. The number of nitrogens with zero attached hydrogens (tertiary/aromatic N) is 3. The van der Waals surface area contributed by atoms with Gasteiger partial charge in [0.15, 0.2) is 0 Å². The number of hydrogen-bond acceptors (Lipinski definition) is 5. The van der Waals surface area contributed by atoms with E-state index in [-0.39, 0.29) is 23.7 Å². The molecular weight excluding hydrogens is 659 g/mol. The lowest BCUT2D eigenvalue weighted by Crippen LogP contribution is -2.60. The molecule has 3 aliphatic heterocycles. The number of amidine groups is 1. The van der Waals surface area contributed by atoms with Crippen LogP contribution in [0.4, 0.5) is 5.69 Å². The van der Waals surface area contributed by atoms with E-state index in [4.69, 9.17) is 4.99 Å². The molecule has 0 saturated heterocycles. The van der Waals surface area contributed by atoms with Gasteiger partial charge < -0.3 is 10.6 Å². The molecule has 1 fully saturated rings. The van der Waals surface area contributed by atoms with E-state index in [1.807, 2.05) is 0 Å². The summed E-state index contributed by atoms with van der Waals surface area (Å²) in [4.78, 5) is 10.9. The van der Waals surface area contributed by atoms with Crippen LogP contribution in [0.25, 0.3) is 5.57 Å². The molecule has 7 aliphatic rings. The fourth-order valence-electron chi connectivity index (χ4n) is 10.8. The van der Waals surface area contributed by atoms with Gasteiger partial charge in [-0.2, -0.15) is 0 Å². The van der Waals surface area contributed by atoms with Crippen LogP contribution in [0.2, 0.25) is 0 Å². The van der Waals surface area contributed by atoms with Gasteiger partial charge in [0, 0.05) is 35.1 Å². The largest absolute Gasteiger partial charge is 0.370 e. The van der Waals surface area contributed by atoms with E-state index in [2.05, 4.69) is 151 Å². The highest BCUT2D eigenvalue weighted by Gasteiger charge is 2.44. The molecule has 4 aliphatic carbocycles. The van der Waals surface area contributed by atoms with E-state index in [1.165, 1.54) is 76.3 Å². The van der Waals surface area contributed by atoms with Crippen LogP contribution >= 0.6 is 0 Å². The van der Waals surface area contributed by atoms with Gasteiger partial charge in [-0.05, 0) is 104 Å². The Balaban J connectivity index is 1.21. The minimum atomic E-state index is -0.0687. The van der Waals surface area contributed by atoms with Crippen LogP contribution in [0, 0.1) is 17.8 Å². The average molecular weight is 718 g/mol.